The van der Waals surface area contributed by atoms with E-state index in [1.54, 1.807) is 25.1 Å². The van der Waals surface area contributed by atoms with Gasteiger partial charge in [-0.05, 0) is 43.9 Å². The molecule has 2 aliphatic rings. The van der Waals surface area contributed by atoms with Crippen molar-refractivity contribution in [2.75, 3.05) is 38.2 Å². The van der Waals surface area contributed by atoms with Gasteiger partial charge in [-0.15, -0.1) is 13.2 Å². The number of halogens is 7. The molecule has 12 heteroatoms. The maximum Gasteiger partial charge on any atom is 0.573 e. The predicted molar refractivity (Wildman–Crippen MR) is 138 cm³/mol. The van der Waals surface area contributed by atoms with Gasteiger partial charge in [0.2, 0.25) is 0 Å². The lowest BCUT2D eigenvalue weighted by Crippen LogP contribution is -2.47. The molecule has 0 saturated carbocycles. The SMILES string of the molecule is C[C@@H]1Cc2c([nH]c3ccccc23)[C@@H](c2ccc(N[C@@H]3CCN(CCCF)C3)cc2OC(F)(F)F)N1CC(F)(F)F. The minimum atomic E-state index is -5.05. The topological polar surface area (TPSA) is 43.5 Å². The first-order valence-corrected chi connectivity index (χ1v) is 13.3. The number of hydrogen-bond acceptors (Lipinski definition) is 4. The van der Waals surface area contributed by atoms with Crippen molar-refractivity contribution in [3.8, 4) is 5.75 Å². The van der Waals surface area contributed by atoms with E-state index < -0.39 is 43.6 Å². The second-order valence-electron chi connectivity index (χ2n) is 10.6. The number of rotatable bonds is 8. The number of para-hydroxylation sites is 1. The molecule has 1 saturated heterocycles. The summed E-state index contributed by atoms with van der Waals surface area (Å²) in [5, 5.41) is 4.05. The first-order valence-electron chi connectivity index (χ1n) is 13.3. The highest BCUT2D eigenvalue weighted by atomic mass is 19.4. The van der Waals surface area contributed by atoms with Crippen LogP contribution < -0.4 is 10.1 Å². The molecular formula is C28H31F7N4O. The Kier molecular flexibility index (Phi) is 7.93. The minimum Gasteiger partial charge on any atom is -0.405 e. The molecule has 5 rings (SSSR count). The number of nitrogens with zero attached hydrogens (tertiary/aromatic N) is 2. The summed E-state index contributed by atoms with van der Waals surface area (Å²) < 4.78 is 99.1. The fraction of sp³-hybridized carbons (Fsp3) is 0.500. The van der Waals surface area contributed by atoms with Crippen LogP contribution in [-0.4, -0.2) is 72.3 Å². The van der Waals surface area contributed by atoms with Crippen LogP contribution in [0.1, 0.15) is 42.6 Å². The Morgan fingerprint density at radius 3 is 2.58 bits per heavy atom. The van der Waals surface area contributed by atoms with E-state index in [-0.39, 0.29) is 11.6 Å². The number of benzene rings is 2. The molecule has 0 aliphatic carbocycles. The van der Waals surface area contributed by atoms with Crippen LogP contribution in [0, 0.1) is 0 Å². The lowest BCUT2D eigenvalue weighted by atomic mass is 9.88. The number of likely N-dealkylation sites (tertiary alicyclic amines) is 1. The number of anilines is 1. The molecule has 3 atom stereocenters. The third-order valence-corrected chi connectivity index (χ3v) is 7.66. The number of alkyl halides is 7. The predicted octanol–water partition coefficient (Wildman–Crippen LogP) is 6.81. The smallest absolute Gasteiger partial charge is 0.405 e. The van der Waals surface area contributed by atoms with Crippen LogP contribution in [0.3, 0.4) is 0 Å². The number of aromatic amines is 1. The Hall–Kier alpha value is -2.99. The molecule has 0 bridgehead atoms. The molecule has 218 valence electrons. The Labute approximate surface area is 227 Å². The molecule has 3 aromatic rings. The Balaban J connectivity index is 1.55. The van der Waals surface area contributed by atoms with Crippen LogP contribution in [-0.2, 0) is 6.42 Å². The van der Waals surface area contributed by atoms with Gasteiger partial charge in [-0.2, -0.15) is 13.2 Å². The Morgan fingerprint density at radius 2 is 1.85 bits per heavy atom. The van der Waals surface area contributed by atoms with E-state index in [0.717, 1.165) is 23.9 Å². The first kappa shape index (κ1) is 28.5. The average Bonchev–Trinajstić information content (AvgIpc) is 3.46. The zero-order valence-corrected chi connectivity index (χ0v) is 21.9. The summed E-state index contributed by atoms with van der Waals surface area (Å²) in [5.41, 5.74) is 2.26. The Morgan fingerprint density at radius 1 is 1.07 bits per heavy atom. The normalized spacial score (nSPS) is 22.6. The molecule has 0 amide bonds. The van der Waals surface area contributed by atoms with Crippen LogP contribution in [0.25, 0.3) is 10.9 Å². The molecule has 0 spiro atoms. The van der Waals surface area contributed by atoms with Gasteiger partial charge in [0.05, 0.1) is 19.3 Å². The van der Waals surface area contributed by atoms with Crippen LogP contribution in [0.15, 0.2) is 42.5 Å². The molecule has 2 aromatic carbocycles. The van der Waals surface area contributed by atoms with Crippen molar-refractivity contribution >= 4 is 16.6 Å². The largest absolute Gasteiger partial charge is 0.573 e. The summed E-state index contributed by atoms with van der Waals surface area (Å²) in [6, 6.07) is 9.63. The van der Waals surface area contributed by atoms with Gasteiger partial charge >= 0.3 is 12.5 Å². The van der Waals surface area contributed by atoms with Gasteiger partial charge in [-0.25, -0.2) is 0 Å². The van der Waals surface area contributed by atoms with E-state index in [2.05, 4.69) is 19.9 Å². The van der Waals surface area contributed by atoms with Crippen molar-refractivity contribution < 1.29 is 35.5 Å². The second kappa shape index (κ2) is 11.1. The lowest BCUT2D eigenvalue weighted by molar-refractivity contribution is -0.275. The fourth-order valence-electron chi connectivity index (χ4n) is 6.03. The van der Waals surface area contributed by atoms with E-state index in [1.165, 1.54) is 17.0 Å². The number of hydrogen-bond donors (Lipinski definition) is 2. The number of nitrogens with one attached hydrogen (secondary N) is 2. The molecule has 1 aromatic heterocycles. The zero-order valence-electron chi connectivity index (χ0n) is 21.9. The lowest BCUT2D eigenvalue weighted by Gasteiger charge is -2.41. The quantitative estimate of drug-likeness (QED) is 0.291. The van der Waals surface area contributed by atoms with Gasteiger partial charge in [0, 0.05) is 65.6 Å². The van der Waals surface area contributed by atoms with Gasteiger partial charge < -0.3 is 19.9 Å². The van der Waals surface area contributed by atoms with E-state index in [0.29, 0.717) is 42.8 Å². The van der Waals surface area contributed by atoms with Crippen molar-refractivity contribution in [3.05, 3.63) is 59.3 Å². The van der Waals surface area contributed by atoms with Crippen LogP contribution in [0.2, 0.25) is 0 Å². The van der Waals surface area contributed by atoms with Crippen molar-refractivity contribution in [2.45, 2.75) is 56.9 Å². The molecule has 0 radical (unpaired) electrons. The highest BCUT2D eigenvalue weighted by Crippen LogP contribution is 2.46. The van der Waals surface area contributed by atoms with Crippen LogP contribution >= 0.6 is 0 Å². The minimum absolute atomic E-state index is 0.0116. The maximum absolute atomic E-state index is 13.8. The zero-order chi connectivity index (χ0) is 28.7. The molecule has 3 heterocycles. The molecule has 2 aliphatic heterocycles. The molecule has 40 heavy (non-hydrogen) atoms. The van der Waals surface area contributed by atoms with Crippen molar-refractivity contribution in [2.24, 2.45) is 0 Å². The van der Waals surface area contributed by atoms with E-state index in [4.69, 9.17) is 0 Å². The highest BCUT2D eigenvalue weighted by Gasteiger charge is 2.44. The molecule has 2 N–H and O–H groups in total. The summed E-state index contributed by atoms with van der Waals surface area (Å²) >= 11 is 0. The van der Waals surface area contributed by atoms with Gasteiger partial charge in [0.1, 0.15) is 5.75 Å². The van der Waals surface area contributed by atoms with Crippen molar-refractivity contribution in [1.29, 1.82) is 0 Å². The molecular weight excluding hydrogens is 541 g/mol. The monoisotopic (exact) mass is 572 g/mol. The second-order valence-corrected chi connectivity index (χ2v) is 10.6. The summed E-state index contributed by atoms with van der Waals surface area (Å²) in [4.78, 5) is 6.45. The van der Waals surface area contributed by atoms with Crippen molar-refractivity contribution in [3.63, 3.8) is 0 Å². The standard InChI is InChI=1S/C28H31F7N4O/c1-17-13-22-20-5-2-3-6-23(20)37-25(22)26(39(17)16-27(30,31)32)21-8-7-18(14-24(21)40-28(33,34)35)36-19-9-12-38(15-19)11-4-10-29/h2-3,5-8,14,17,19,26,36-37H,4,9-13,15-16H2,1H3/t17-,19-,26-/m1/s1. The third-order valence-electron chi connectivity index (χ3n) is 7.66. The molecule has 1 fully saturated rings. The summed E-state index contributed by atoms with van der Waals surface area (Å²) in [6.45, 7) is 1.87. The summed E-state index contributed by atoms with van der Waals surface area (Å²) in [6.07, 6.45) is -8.18. The van der Waals surface area contributed by atoms with Crippen molar-refractivity contribution in [1.82, 2.24) is 14.8 Å². The highest BCUT2D eigenvalue weighted by molar-refractivity contribution is 5.85. The third kappa shape index (κ3) is 6.33. The number of ether oxygens (including phenoxy) is 1. The van der Waals surface area contributed by atoms with Crippen LogP contribution in [0.5, 0.6) is 5.75 Å². The van der Waals surface area contributed by atoms with E-state index in [1.807, 2.05) is 12.1 Å². The first-order chi connectivity index (χ1) is 18.9. The maximum atomic E-state index is 13.8. The average molecular weight is 573 g/mol. The van der Waals surface area contributed by atoms with Gasteiger partial charge in [-0.1, -0.05) is 24.3 Å². The van der Waals surface area contributed by atoms with Gasteiger partial charge in [0.15, 0.2) is 0 Å². The molecule has 0 unspecified atom stereocenters. The molecule has 5 nitrogen and oxygen atoms in total. The summed E-state index contributed by atoms with van der Waals surface area (Å²) in [7, 11) is 0. The summed E-state index contributed by atoms with van der Waals surface area (Å²) in [5.74, 6) is -0.555. The Bertz CT molecular complexity index is 1320. The van der Waals surface area contributed by atoms with Gasteiger partial charge in [-0.3, -0.25) is 9.29 Å². The van der Waals surface area contributed by atoms with Gasteiger partial charge in [0.25, 0.3) is 0 Å². The fourth-order valence-corrected chi connectivity index (χ4v) is 6.03. The van der Waals surface area contributed by atoms with E-state index >= 15 is 0 Å². The number of aromatic nitrogens is 1. The van der Waals surface area contributed by atoms with Crippen LogP contribution in [0.4, 0.5) is 36.4 Å². The number of fused-ring (bicyclic) bond motifs is 3. The number of H-pyrrole nitrogens is 1. The van der Waals surface area contributed by atoms with E-state index in [9.17, 15) is 30.7 Å².